The molecule has 0 spiro atoms. The maximum Gasteiger partial charge on any atom is 0.172 e. The lowest BCUT2D eigenvalue weighted by molar-refractivity contribution is 0.371. The number of methoxy groups -OCH3 is 1. The van der Waals surface area contributed by atoms with E-state index in [1.54, 1.807) is 18.2 Å². The summed E-state index contributed by atoms with van der Waals surface area (Å²) in [5.41, 5.74) is 2.43. The van der Waals surface area contributed by atoms with Crippen molar-refractivity contribution in [3.05, 3.63) is 52.0 Å². The fourth-order valence-electron chi connectivity index (χ4n) is 1.79. The molecule has 0 aliphatic heterocycles. The summed E-state index contributed by atoms with van der Waals surface area (Å²) >= 11 is 3.29. The second-order valence-corrected chi connectivity index (χ2v) is 5.03. The minimum Gasteiger partial charge on any atom is -0.503 e. The quantitative estimate of drug-likeness (QED) is 0.896. The average Bonchev–Trinajstić information content (AvgIpc) is 2.48. The van der Waals surface area contributed by atoms with Crippen LogP contribution in [0.5, 0.6) is 11.5 Å². The number of aromatic hydroxyl groups is 1. The van der Waals surface area contributed by atoms with Gasteiger partial charge < -0.3 is 15.2 Å². The molecule has 4 nitrogen and oxygen atoms in total. The van der Waals surface area contributed by atoms with E-state index in [1.807, 2.05) is 18.2 Å². The summed E-state index contributed by atoms with van der Waals surface area (Å²) in [5, 5.41) is 21.8. The van der Waals surface area contributed by atoms with Gasteiger partial charge in [0.1, 0.15) is 0 Å². The molecule has 0 fully saturated rings. The van der Waals surface area contributed by atoms with Crippen molar-refractivity contribution in [2.45, 2.75) is 6.54 Å². The van der Waals surface area contributed by atoms with E-state index in [-0.39, 0.29) is 5.75 Å². The van der Waals surface area contributed by atoms with E-state index in [0.717, 1.165) is 11.3 Å². The van der Waals surface area contributed by atoms with Crippen molar-refractivity contribution < 1.29 is 9.84 Å². The number of hydrogen-bond acceptors (Lipinski definition) is 4. The molecule has 0 bridgehead atoms. The number of benzene rings is 2. The van der Waals surface area contributed by atoms with Gasteiger partial charge in [-0.3, -0.25) is 0 Å². The van der Waals surface area contributed by atoms with Crippen molar-refractivity contribution in [2.24, 2.45) is 0 Å². The molecular weight excluding hydrogens is 320 g/mol. The molecule has 0 atom stereocenters. The Morgan fingerprint density at radius 1 is 1.35 bits per heavy atom. The first kappa shape index (κ1) is 14.2. The van der Waals surface area contributed by atoms with Gasteiger partial charge in [0.2, 0.25) is 0 Å². The molecule has 0 saturated carbocycles. The van der Waals surface area contributed by atoms with Crippen LogP contribution in [0, 0.1) is 11.3 Å². The molecule has 20 heavy (non-hydrogen) atoms. The number of nitriles is 1. The first-order valence-corrected chi connectivity index (χ1v) is 6.72. The summed E-state index contributed by atoms with van der Waals surface area (Å²) < 4.78 is 5.69. The number of ether oxygens (including phenoxy) is 1. The highest BCUT2D eigenvalue weighted by molar-refractivity contribution is 9.10. The van der Waals surface area contributed by atoms with Gasteiger partial charge in [-0.05, 0) is 51.8 Å². The molecule has 0 radical (unpaired) electrons. The smallest absolute Gasteiger partial charge is 0.172 e. The maximum atomic E-state index is 9.75. The van der Waals surface area contributed by atoms with Crippen molar-refractivity contribution in [3.63, 3.8) is 0 Å². The second-order valence-electron chi connectivity index (χ2n) is 4.17. The third-order valence-corrected chi connectivity index (χ3v) is 3.40. The minimum atomic E-state index is 0.0859. The molecular formula is C15H13BrN2O2. The summed E-state index contributed by atoms with van der Waals surface area (Å²) in [4.78, 5) is 0. The first-order valence-electron chi connectivity index (χ1n) is 5.93. The Morgan fingerprint density at radius 3 is 2.85 bits per heavy atom. The Labute approximate surface area is 125 Å². The van der Waals surface area contributed by atoms with Gasteiger partial charge in [0.15, 0.2) is 11.5 Å². The zero-order valence-electron chi connectivity index (χ0n) is 10.9. The fraction of sp³-hybridized carbons (Fsp3) is 0.133. The van der Waals surface area contributed by atoms with E-state index >= 15 is 0 Å². The van der Waals surface area contributed by atoms with Gasteiger partial charge in [-0.2, -0.15) is 5.26 Å². The number of rotatable bonds is 4. The highest BCUT2D eigenvalue weighted by Crippen LogP contribution is 2.35. The van der Waals surface area contributed by atoms with Gasteiger partial charge in [-0.15, -0.1) is 0 Å². The second kappa shape index (κ2) is 6.31. The number of hydrogen-bond donors (Lipinski definition) is 2. The number of halogens is 1. The van der Waals surface area contributed by atoms with Gasteiger partial charge >= 0.3 is 0 Å². The van der Waals surface area contributed by atoms with E-state index < -0.39 is 0 Å². The molecule has 0 amide bonds. The summed E-state index contributed by atoms with van der Waals surface area (Å²) in [6.07, 6.45) is 0. The lowest BCUT2D eigenvalue weighted by atomic mass is 10.2. The zero-order chi connectivity index (χ0) is 14.5. The van der Waals surface area contributed by atoms with Gasteiger partial charge in [0, 0.05) is 12.2 Å². The van der Waals surface area contributed by atoms with Crippen molar-refractivity contribution in [3.8, 4) is 17.6 Å². The van der Waals surface area contributed by atoms with Crippen LogP contribution in [-0.2, 0) is 6.54 Å². The highest BCUT2D eigenvalue weighted by atomic mass is 79.9. The van der Waals surface area contributed by atoms with Crippen LogP contribution in [-0.4, -0.2) is 12.2 Å². The molecule has 0 unspecified atom stereocenters. The van der Waals surface area contributed by atoms with Crippen LogP contribution in [0.25, 0.3) is 0 Å². The van der Waals surface area contributed by atoms with Crippen molar-refractivity contribution in [1.82, 2.24) is 0 Å². The van der Waals surface area contributed by atoms with E-state index in [1.165, 1.54) is 7.11 Å². The molecule has 0 aliphatic carbocycles. The number of anilines is 1. The van der Waals surface area contributed by atoms with Crippen LogP contribution in [0.2, 0.25) is 0 Å². The molecule has 0 aromatic heterocycles. The lowest BCUT2D eigenvalue weighted by Gasteiger charge is -2.10. The minimum absolute atomic E-state index is 0.0859. The Balaban J connectivity index is 2.15. The van der Waals surface area contributed by atoms with E-state index in [0.29, 0.717) is 22.3 Å². The Bertz CT molecular complexity index is 665. The van der Waals surface area contributed by atoms with E-state index in [4.69, 9.17) is 10.00 Å². The standard InChI is InChI=1S/C15H13BrN2O2/c1-20-14-7-11(6-13(16)15(14)19)9-18-12-4-2-3-10(5-12)8-17/h2-7,18-19H,9H2,1H3. The van der Waals surface area contributed by atoms with Crippen LogP contribution in [0.1, 0.15) is 11.1 Å². The van der Waals surface area contributed by atoms with Crippen molar-refractivity contribution in [2.75, 3.05) is 12.4 Å². The number of nitrogens with one attached hydrogen (secondary N) is 1. The van der Waals surface area contributed by atoms with Crippen LogP contribution in [0.4, 0.5) is 5.69 Å². The largest absolute Gasteiger partial charge is 0.503 e. The van der Waals surface area contributed by atoms with Crippen LogP contribution in [0.15, 0.2) is 40.9 Å². The fourth-order valence-corrected chi connectivity index (χ4v) is 2.28. The summed E-state index contributed by atoms with van der Waals surface area (Å²) in [5.74, 6) is 0.504. The van der Waals surface area contributed by atoms with Gasteiger partial charge in [-0.25, -0.2) is 0 Å². The monoisotopic (exact) mass is 332 g/mol. The van der Waals surface area contributed by atoms with Gasteiger partial charge in [0.05, 0.1) is 23.2 Å². The molecule has 0 aliphatic rings. The van der Waals surface area contributed by atoms with Gasteiger partial charge in [0.25, 0.3) is 0 Å². The van der Waals surface area contributed by atoms with Crippen LogP contribution in [0.3, 0.4) is 0 Å². The van der Waals surface area contributed by atoms with Crippen molar-refractivity contribution >= 4 is 21.6 Å². The van der Waals surface area contributed by atoms with Crippen LogP contribution >= 0.6 is 15.9 Å². The Hall–Kier alpha value is -2.19. The summed E-state index contributed by atoms with van der Waals surface area (Å²) in [7, 11) is 1.51. The molecule has 2 aromatic carbocycles. The van der Waals surface area contributed by atoms with E-state index in [2.05, 4.69) is 27.3 Å². The molecule has 0 heterocycles. The predicted octanol–water partition coefficient (Wildman–Crippen LogP) is 3.65. The predicted molar refractivity (Wildman–Crippen MR) is 80.8 cm³/mol. The SMILES string of the molecule is COc1cc(CNc2cccc(C#N)c2)cc(Br)c1O. The summed E-state index contributed by atoms with van der Waals surface area (Å²) in [6.45, 7) is 0.560. The van der Waals surface area contributed by atoms with Crippen molar-refractivity contribution in [1.29, 1.82) is 5.26 Å². The lowest BCUT2D eigenvalue weighted by Crippen LogP contribution is -2.00. The number of phenols is 1. The molecule has 2 rings (SSSR count). The maximum absolute atomic E-state index is 9.75. The Morgan fingerprint density at radius 2 is 2.15 bits per heavy atom. The number of nitrogens with zero attached hydrogens (tertiary/aromatic N) is 1. The third-order valence-electron chi connectivity index (χ3n) is 2.80. The molecule has 0 saturated heterocycles. The van der Waals surface area contributed by atoms with Gasteiger partial charge in [-0.1, -0.05) is 6.07 Å². The zero-order valence-corrected chi connectivity index (χ0v) is 12.4. The molecule has 102 valence electrons. The highest BCUT2D eigenvalue weighted by Gasteiger charge is 2.08. The normalized spacial score (nSPS) is 9.85. The molecule has 2 aromatic rings. The van der Waals surface area contributed by atoms with Crippen LogP contribution < -0.4 is 10.1 Å². The average molecular weight is 333 g/mol. The summed E-state index contributed by atoms with van der Waals surface area (Å²) in [6, 6.07) is 12.9. The molecule has 5 heteroatoms. The molecule has 2 N–H and O–H groups in total. The first-order chi connectivity index (χ1) is 9.63. The number of phenolic OH excluding ortho intramolecular Hbond substituents is 1. The topological polar surface area (TPSA) is 65.3 Å². The van der Waals surface area contributed by atoms with E-state index in [9.17, 15) is 5.11 Å². The third kappa shape index (κ3) is 3.22. The Kier molecular flexibility index (Phi) is 4.49.